The molecule has 1 heterocycles. The second-order valence-corrected chi connectivity index (χ2v) is 6.13. The largest absolute Gasteiger partial charge is 0.372 e. The summed E-state index contributed by atoms with van der Waals surface area (Å²) in [6, 6.07) is 14.4. The van der Waals surface area contributed by atoms with Gasteiger partial charge in [0.2, 0.25) is 11.8 Å². The van der Waals surface area contributed by atoms with Gasteiger partial charge in [-0.2, -0.15) is 0 Å². The molecule has 3 rings (SSSR count). The van der Waals surface area contributed by atoms with Crippen LogP contribution in [0.5, 0.6) is 0 Å². The molecule has 1 aliphatic rings. The molecule has 0 radical (unpaired) electrons. The second kappa shape index (κ2) is 6.35. The average Bonchev–Trinajstić information content (AvgIpc) is 2.50. The number of hydrogen-bond acceptors (Lipinski definition) is 3. The van der Waals surface area contributed by atoms with Gasteiger partial charge in [0.15, 0.2) is 0 Å². The predicted molar refractivity (Wildman–Crippen MR) is 94.9 cm³/mol. The van der Waals surface area contributed by atoms with Crippen LogP contribution in [0.2, 0.25) is 0 Å². The van der Waals surface area contributed by atoms with E-state index in [1.165, 1.54) is 0 Å². The number of halogens is 1. The fourth-order valence-electron chi connectivity index (χ4n) is 2.28. The molecule has 0 saturated carbocycles. The van der Waals surface area contributed by atoms with Gasteiger partial charge in [0, 0.05) is 3.57 Å². The summed E-state index contributed by atoms with van der Waals surface area (Å²) in [5.41, 5.74) is 2.32. The molecule has 112 valence electrons. The van der Waals surface area contributed by atoms with Gasteiger partial charge in [-0.1, -0.05) is 24.3 Å². The molecule has 2 aromatic carbocycles. The Morgan fingerprint density at radius 1 is 1.09 bits per heavy atom. The Balaban J connectivity index is 1.67. The van der Waals surface area contributed by atoms with Gasteiger partial charge in [0.1, 0.15) is 6.04 Å². The van der Waals surface area contributed by atoms with Crippen molar-refractivity contribution < 1.29 is 9.59 Å². The third-order valence-corrected chi connectivity index (χ3v) is 4.31. The van der Waals surface area contributed by atoms with Gasteiger partial charge in [0.25, 0.3) is 0 Å². The highest BCUT2D eigenvalue weighted by molar-refractivity contribution is 14.1. The van der Waals surface area contributed by atoms with Crippen molar-refractivity contribution in [3.05, 3.63) is 52.1 Å². The maximum absolute atomic E-state index is 12.2. The highest BCUT2D eigenvalue weighted by atomic mass is 127. The number of benzene rings is 2. The summed E-state index contributed by atoms with van der Waals surface area (Å²) in [6.45, 7) is 0. The van der Waals surface area contributed by atoms with E-state index in [-0.39, 0.29) is 18.2 Å². The molecule has 0 fully saturated rings. The zero-order chi connectivity index (χ0) is 15.5. The molecule has 3 N–H and O–H groups in total. The molecule has 0 saturated heterocycles. The Kier molecular flexibility index (Phi) is 4.28. The van der Waals surface area contributed by atoms with Crippen LogP contribution in [-0.2, 0) is 9.59 Å². The number of anilines is 3. The van der Waals surface area contributed by atoms with E-state index >= 15 is 0 Å². The first-order chi connectivity index (χ1) is 10.6. The van der Waals surface area contributed by atoms with E-state index in [9.17, 15) is 9.59 Å². The highest BCUT2D eigenvalue weighted by Crippen LogP contribution is 2.27. The van der Waals surface area contributed by atoms with E-state index in [4.69, 9.17) is 0 Å². The summed E-state index contributed by atoms with van der Waals surface area (Å²) in [6.07, 6.45) is 0.0745. The topological polar surface area (TPSA) is 70.2 Å². The molecule has 0 aromatic heterocycles. The number of para-hydroxylation sites is 3. The van der Waals surface area contributed by atoms with Crippen LogP contribution in [0.25, 0.3) is 0 Å². The maximum Gasteiger partial charge on any atom is 0.247 e. The van der Waals surface area contributed by atoms with E-state index in [1.54, 1.807) is 0 Å². The van der Waals surface area contributed by atoms with Gasteiger partial charge < -0.3 is 16.0 Å². The van der Waals surface area contributed by atoms with Crippen molar-refractivity contribution in [2.45, 2.75) is 12.5 Å². The fraction of sp³-hybridized carbons (Fsp3) is 0.125. The molecule has 6 heteroatoms. The van der Waals surface area contributed by atoms with Gasteiger partial charge >= 0.3 is 0 Å². The number of carbonyl (C=O) groups excluding carboxylic acids is 2. The summed E-state index contributed by atoms with van der Waals surface area (Å²) >= 11 is 2.16. The van der Waals surface area contributed by atoms with Gasteiger partial charge in [0.05, 0.1) is 23.5 Å². The molecule has 22 heavy (non-hydrogen) atoms. The van der Waals surface area contributed by atoms with Crippen LogP contribution in [0.1, 0.15) is 6.42 Å². The zero-order valence-electron chi connectivity index (χ0n) is 11.6. The fourth-order valence-corrected chi connectivity index (χ4v) is 2.81. The van der Waals surface area contributed by atoms with E-state index in [1.807, 2.05) is 48.5 Å². The third kappa shape index (κ3) is 3.22. The first kappa shape index (κ1) is 14.8. The molecular weight excluding hydrogens is 393 g/mol. The zero-order valence-corrected chi connectivity index (χ0v) is 13.8. The first-order valence-corrected chi connectivity index (χ1v) is 7.92. The highest BCUT2D eigenvalue weighted by Gasteiger charge is 2.27. The lowest BCUT2D eigenvalue weighted by Crippen LogP contribution is -2.41. The smallest absolute Gasteiger partial charge is 0.247 e. The summed E-state index contributed by atoms with van der Waals surface area (Å²) in [4.78, 5) is 24.2. The third-order valence-electron chi connectivity index (χ3n) is 3.37. The summed E-state index contributed by atoms with van der Waals surface area (Å²) in [5, 5.41) is 8.75. The number of amides is 2. The quantitative estimate of drug-likeness (QED) is 0.686. The predicted octanol–water partition coefficient (Wildman–Crippen LogP) is 3.05. The number of carbonyl (C=O) groups is 2. The minimum absolute atomic E-state index is 0.0745. The molecule has 5 nitrogen and oxygen atoms in total. The first-order valence-electron chi connectivity index (χ1n) is 6.84. The summed E-state index contributed by atoms with van der Waals surface area (Å²) in [5.74, 6) is -0.396. The number of nitrogens with one attached hydrogen (secondary N) is 3. The molecule has 2 amide bonds. The van der Waals surface area contributed by atoms with Gasteiger partial charge in [-0.25, -0.2) is 0 Å². The standard InChI is InChI=1S/C16H14IN3O2/c17-10-5-1-2-6-11(10)19-15(21)9-14-16(22)20-13-8-4-3-7-12(13)18-14/h1-8,14,18H,9H2,(H,19,21)(H,20,22)/t14-/m1/s1. The van der Waals surface area contributed by atoms with Crippen LogP contribution < -0.4 is 16.0 Å². The van der Waals surface area contributed by atoms with Crippen LogP contribution in [0.15, 0.2) is 48.5 Å². The van der Waals surface area contributed by atoms with E-state index in [0.29, 0.717) is 0 Å². The van der Waals surface area contributed by atoms with E-state index in [0.717, 1.165) is 20.6 Å². The number of hydrogen-bond donors (Lipinski definition) is 3. The van der Waals surface area contributed by atoms with Gasteiger partial charge in [-0.3, -0.25) is 9.59 Å². The van der Waals surface area contributed by atoms with Crippen molar-refractivity contribution in [1.29, 1.82) is 0 Å². The Morgan fingerprint density at radius 3 is 2.55 bits per heavy atom. The van der Waals surface area contributed by atoms with Gasteiger partial charge in [-0.05, 0) is 46.9 Å². The lowest BCUT2D eigenvalue weighted by Gasteiger charge is -2.26. The summed E-state index contributed by atoms with van der Waals surface area (Å²) < 4.78 is 0.958. The lowest BCUT2D eigenvalue weighted by atomic mass is 10.1. The van der Waals surface area contributed by atoms with Crippen molar-refractivity contribution in [1.82, 2.24) is 0 Å². The monoisotopic (exact) mass is 407 g/mol. The second-order valence-electron chi connectivity index (χ2n) is 4.96. The van der Waals surface area contributed by atoms with Crippen molar-refractivity contribution in [3.63, 3.8) is 0 Å². The van der Waals surface area contributed by atoms with Crippen molar-refractivity contribution in [2.24, 2.45) is 0 Å². The van der Waals surface area contributed by atoms with E-state index in [2.05, 4.69) is 38.5 Å². The average molecular weight is 407 g/mol. The van der Waals surface area contributed by atoms with Crippen LogP contribution in [0.4, 0.5) is 17.1 Å². The molecule has 0 aliphatic carbocycles. The van der Waals surface area contributed by atoms with Crippen LogP contribution in [0.3, 0.4) is 0 Å². The lowest BCUT2D eigenvalue weighted by molar-refractivity contribution is -0.122. The normalized spacial score (nSPS) is 16.2. The molecule has 1 aliphatic heterocycles. The molecule has 0 spiro atoms. The number of rotatable bonds is 3. The SMILES string of the molecule is O=C(C[C@H]1Nc2ccccc2NC1=O)Nc1ccccc1I. The Labute approximate surface area is 141 Å². The molecule has 0 bridgehead atoms. The van der Waals surface area contributed by atoms with Crippen LogP contribution in [-0.4, -0.2) is 17.9 Å². The van der Waals surface area contributed by atoms with Crippen molar-refractivity contribution >= 4 is 51.5 Å². The Bertz CT molecular complexity index is 733. The molecule has 0 unspecified atom stereocenters. The maximum atomic E-state index is 12.2. The minimum atomic E-state index is -0.573. The van der Waals surface area contributed by atoms with Crippen LogP contribution >= 0.6 is 22.6 Å². The molecule has 1 atom stereocenters. The molecular formula is C16H14IN3O2. The Hall–Kier alpha value is -2.09. The van der Waals surface area contributed by atoms with Crippen molar-refractivity contribution in [2.75, 3.05) is 16.0 Å². The van der Waals surface area contributed by atoms with Gasteiger partial charge in [-0.15, -0.1) is 0 Å². The van der Waals surface area contributed by atoms with Crippen molar-refractivity contribution in [3.8, 4) is 0 Å². The number of fused-ring (bicyclic) bond motifs is 1. The summed E-state index contributed by atoms with van der Waals surface area (Å²) in [7, 11) is 0. The van der Waals surface area contributed by atoms with E-state index < -0.39 is 6.04 Å². The molecule has 2 aromatic rings. The minimum Gasteiger partial charge on any atom is -0.372 e. The van der Waals surface area contributed by atoms with Crippen LogP contribution in [0, 0.1) is 3.57 Å². The Morgan fingerprint density at radius 2 is 1.77 bits per heavy atom.